The van der Waals surface area contributed by atoms with Gasteiger partial charge in [0.05, 0.1) is 10.7 Å². The SMILES string of the molecule is O=S(=O)(Nc1ccc(F)c(Cl)c1)c1cccnc1Cl. The molecule has 0 aliphatic heterocycles. The van der Waals surface area contributed by atoms with Crippen LogP contribution in [0.15, 0.2) is 41.4 Å². The number of aromatic nitrogens is 1. The lowest BCUT2D eigenvalue weighted by molar-refractivity contribution is 0.600. The van der Waals surface area contributed by atoms with Crippen LogP contribution in [0.4, 0.5) is 10.1 Å². The normalized spacial score (nSPS) is 11.3. The van der Waals surface area contributed by atoms with E-state index in [9.17, 15) is 12.8 Å². The van der Waals surface area contributed by atoms with E-state index in [1.54, 1.807) is 0 Å². The van der Waals surface area contributed by atoms with Gasteiger partial charge >= 0.3 is 0 Å². The van der Waals surface area contributed by atoms with Crippen molar-refractivity contribution in [2.75, 3.05) is 4.72 Å². The van der Waals surface area contributed by atoms with Crippen molar-refractivity contribution in [3.05, 3.63) is 52.5 Å². The molecule has 0 saturated carbocycles. The van der Waals surface area contributed by atoms with Gasteiger partial charge in [-0.2, -0.15) is 0 Å². The van der Waals surface area contributed by atoms with Crippen molar-refractivity contribution in [3.63, 3.8) is 0 Å². The molecule has 1 heterocycles. The summed E-state index contributed by atoms with van der Waals surface area (Å²) in [5.41, 5.74) is 0.131. The maximum atomic E-state index is 13.0. The highest BCUT2D eigenvalue weighted by atomic mass is 35.5. The Bertz CT molecular complexity index is 722. The van der Waals surface area contributed by atoms with Crippen molar-refractivity contribution in [1.82, 2.24) is 4.98 Å². The van der Waals surface area contributed by atoms with Gasteiger partial charge in [0.1, 0.15) is 15.9 Å². The maximum Gasteiger partial charge on any atom is 0.264 e. The first-order valence-corrected chi connectivity index (χ1v) is 7.22. The number of hydrogen-bond acceptors (Lipinski definition) is 3. The van der Waals surface area contributed by atoms with E-state index in [1.165, 1.54) is 30.5 Å². The van der Waals surface area contributed by atoms with Crippen molar-refractivity contribution in [1.29, 1.82) is 0 Å². The zero-order chi connectivity index (χ0) is 14.0. The van der Waals surface area contributed by atoms with Crippen molar-refractivity contribution in [2.24, 2.45) is 0 Å². The summed E-state index contributed by atoms with van der Waals surface area (Å²) in [6.07, 6.45) is 1.37. The molecule has 8 heteroatoms. The minimum Gasteiger partial charge on any atom is -0.279 e. The lowest BCUT2D eigenvalue weighted by Gasteiger charge is -2.09. The van der Waals surface area contributed by atoms with E-state index in [4.69, 9.17) is 23.2 Å². The van der Waals surface area contributed by atoms with Crippen molar-refractivity contribution < 1.29 is 12.8 Å². The molecule has 0 aliphatic carbocycles. The number of nitrogens with zero attached hydrogens (tertiary/aromatic N) is 1. The maximum absolute atomic E-state index is 13.0. The summed E-state index contributed by atoms with van der Waals surface area (Å²) in [4.78, 5) is 3.51. The van der Waals surface area contributed by atoms with E-state index in [2.05, 4.69) is 9.71 Å². The Morgan fingerprint density at radius 2 is 1.95 bits per heavy atom. The van der Waals surface area contributed by atoms with Crippen LogP contribution in [0.3, 0.4) is 0 Å². The number of rotatable bonds is 3. The van der Waals surface area contributed by atoms with Crippen molar-refractivity contribution in [2.45, 2.75) is 4.90 Å². The zero-order valence-electron chi connectivity index (χ0n) is 9.27. The molecule has 0 radical (unpaired) electrons. The second-order valence-electron chi connectivity index (χ2n) is 3.53. The molecule has 4 nitrogen and oxygen atoms in total. The Morgan fingerprint density at radius 1 is 1.21 bits per heavy atom. The van der Waals surface area contributed by atoms with Gasteiger partial charge in [-0.05, 0) is 30.3 Å². The van der Waals surface area contributed by atoms with Crippen LogP contribution in [-0.2, 0) is 10.0 Å². The van der Waals surface area contributed by atoms with Gasteiger partial charge < -0.3 is 0 Å². The molecule has 0 saturated heterocycles. The first-order chi connectivity index (χ1) is 8.90. The molecule has 0 atom stereocenters. The molecule has 0 amide bonds. The van der Waals surface area contributed by atoms with Crippen LogP contribution >= 0.6 is 23.2 Å². The summed E-state index contributed by atoms with van der Waals surface area (Å²) in [7, 11) is -3.90. The van der Waals surface area contributed by atoms with E-state index < -0.39 is 15.8 Å². The minimum atomic E-state index is -3.90. The second-order valence-corrected chi connectivity index (χ2v) is 5.94. The molecule has 0 fully saturated rings. The van der Waals surface area contributed by atoms with Crippen LogP contribution < -0.4 is 4.72 Å². The summed E-state index contributed by atoms with van der Waals surface area (Å²) in [5.74, 6) is -0.635. The fourth-order valence-corrected chi connectivity index (χ4v) is 3.03. The molecule has 1 aromatic carbocycles. The van der Waals surface area contributed by atoms with E-state index in [0.717, 1.165) is 6.07 Å². The van der Waals surface area contributed by atoms with Gasteiger partial charge in [0.25, 0.3) is 10.0 Å². The van der Waals surface area contributed by atoms with E-state index >= 15 is 0 Å². The van der Waals surface area contributed by atoms with Gasteiger partial charge in [0.15, 0.2) is 0 Å². The molecule has 19 heavy (non-hydrogen) atoms. The quantitative estimate of drug-likeness (QED) is 0.882. The smallest absolute Gasteiger partial charge is 0.264 e. The molecule has 0 spiro atoms. The average molecular weight is 321 g/mol. The fraction of sp³-hybridized carbons (Fsp3) is 0. The highest BCUT2D eigenvalue weighted by Crippen LogP contribution is 2.24. The largest absolute Gasteiger partial charge is 0.279 e. The van der Waals surface area contributed by atoms with Gasteiger partial charge in [-0.15, -0.1) is 0 Å². The number of hydrogen-bond donors (Lipinski definition) is 1. The zero-order valence-corrected chi connectivity index (χ0v) is 11.6. The monoisotopic (exact) mass is 320 g/mol. The summed E-state index contributed by atoms with van der Waals surface area (Å²) in [6, 6.07) is 6.23. The van der Waals surface area contributed by atoms with Gasteiger partial charge in [-0.1, -0.05) is 23.2 Å². The van der Waals surface area contributed by atoms with Gasteiger partial charge in [-0.25, -0.2) is 17.8 Å². The standard InChI is InChI=1S/C11H7Cl2FN2O2S/c12-8-6-7(3-4-9(8)14)16-19(17,18)10-2-1-5-15-11(10)13/h1-6,16H. The fourth-order valence-electron chi connectivity index (χ4n) is 1.34. The van der Waals surface area contributed by atoms with Crippen LogP contribution in [0, 0.1) is 5.82 Å². The predicted molar refractivity (Wildman–Crippen MR) is 71.5 cm³/mol. The second kappa shape index (κ2) is 5.32. The van der Waals surface area contributed by atoms with Crippen LogP contribution in [0.1, 0.15) is 0 Å². The first-order valence-electron chi connectivity index (χ1n) is 4.98. The number of benzene rings is 1. The lowest BCUT2D eigenvalue weighted by atomic mass is 10.3. The Labute approximate surface area is 119 Å². The number of pyridine rings is 1. The van der Waals surface area contributed by atoms with Crippen molar-refractivity contribution in [3.8, 4) is 0 Å². The first kappa shape index (κ1) is 14.0. The van der Waals surface area contributed by atoms with Crippen LogP contribution in [0.25, 0.3) is 0 Å². The van der Waals surface area contributed by atoms with Crippen LogP contribution in [0.2, 0.25) is 10.2 Å². The van der Waals surface area contributed by atoms with E-state index in [-0.39, 0.29) is 20.8 Å². The summed E-state index contributed by atoms with van der Waals surface area (Å²) in [5, 5.41) is -0.333. The summed E-state index contributed by atoms with van der Waals surface area (Å²) < 4.78 is 39.3. The van der Waals surface area contributed by atoms with Gasteiger partial charge in [0.2, 0.25) is 0 Å². The summed E-state index contributed by atoms with van der Waals surface area (Å²) in [6.45, 7) is 0. The molecule has 0 aliphatic rings. The van der Waals surface area contributed by atoms with Crippen LogP contribution in [-0.4, -0.2) is 13.4 Å². The molecule has 2 rings (SSSR count). The molecule has 100 valence electrons. The third kappa shape index (κ3) is 3.15. The molecule has 2 aromatic rings. The topological polar surface area (TPSA) is 59.1 Å². The minimum absolute atomic E-state index is 0.131. The predicted octanol–water partition coefficient (Wildman–Crippen LogP) is 3.33. The van der Waals surface area contributed by atoms with E-state index in [0.29, 0.717) is 0 Å². The summed E-state index contributed by atoms with van der Waals surface area (Å²) >= 11 is 11.3. The number of anilines is 1. The van der Waals surface area contributed by atoms with Crippen molar-refractivity contribution >= 4 is 38.9 Å². The third-order valence-electron chi connectivity index (χ3n) is 2.19. The van der Waals surface area contributed by atoms with E-state index in [1.807, 2.05) is 0 Å². The average Bonchev–Trinajstić information content (AvgIpc) is 2.34. The Hall–Kier alpha value is -1.37. The van der Waals surface area contributed by atoms with Crippen LogP contribution in [0.5, 0.6) is 0 Å². The third-order valence-corrected chi connectivity index (χ3v) is 4.30. The number of sulfonamides is 1. The Morgan fingerprint density at radius 3 is 2.58 bits per heavy atom. The molecule has 0 unspecified atom stereocenters. The molecular formula is C11H7Cl2FN2O2S. The lowest BCUT2D eigenvalue weighted by Crippen LogP contribution is -2.13. The molecule has 1 N–H and O–H groups in total. The van der Waals surface area contributed by atoms with Gasteiger partial charge in [0, 0.05) is 6.20 Å². The Balaban J connectivity index is 2.37. The Kier molecular flexibility index (Phi) is 3.93. The molecule has 1 aromatic heterocycles. The number of halogens is 3. The van der Waals surface area contributed by atoms with Gasteiger partial charge in [-0.3, -0.25) is 4.72 Å². The highest BCUT2D eigenvalue weighted by Gasteiger charge is 2.18. The molecular weight excluding hydrogens is 314 g/mol. The molecule has 0 bridgehead atoms. The number of nitrogens with one attached hydrogen (secondary N) is 1. The highest BCUT2D eigenvalue weighted by molar-refractivity contribution is 7.92.